The Morgan fingerprint density at radius 2 is 2.29 bits per heavy atom. The smallest absolute Gasteiger partial charge is 0.348 e. The first-order chi connectivity index (χ1) is 6.72. The summed E-state index contributed by atoms with van der Waals surface area (Å²) in [6.45, 7) is 0. The first kappa shape index (κ1) is 8.55. The molecule has 1 heterocycles. The molecule has 0 aliphatic heterocycles. The van der Waals surface area contributed by atoms with Crippen molar-refractivity contribution in [1.82, 2.24) is 9.97 Å². The second-order valence-corrected chi connectivity index (χ2v) is 2.75. The SMILES string of the molecule is COc1nc(=O)[nH]c2cccc(O)c12. The fourth-order valence-electron chi connectivity index (χ4n) is 1.31. The number of H-pyrrole nitrogens is 1. The molecule has 0 atom stereocenters. The number of hydrogen-bond acceptors (Lipinski definition) is 4. The van der Waals surface area contributed by atoms with Crippen LogP contribution < -0.4 is 10.4 Å². The zero-order valence-corrected chi connectivity index (χ0v) is 7.44. The van der Waals surface area contributed by atoms with Crippen LogP contribution in [0.2, 0.25) is 0 Å². The lowest BCUT2D eigenvalue weighted by Crippen LogP contribution is -2.11. The maximum Gasteiger partial charge on any atom is 0.348 e. The molecule has 0 fully saturated rings. The van der Waals surface area contributed by atoms with E-state index in [9.17, 15) is 9.90 Å². The molecule has 5 nitrogen and oxygen atoms in total. The predicted molar refractivity (Wildman–Crippen MR) is 50.6 cm³/mol. The zero-order chi connectivity index (χ0) is 10.1. The average molecular weight is 192 g/mol. The Hall–Kier alpha value is -2.04. The van der Waals surface area contributed by atoms with E-state index in [4.69, 9.17) is 4.74 Å². The average Bonchev–Trinajstić information content (AvgIpc) is 2.16. The number of phenolic OH excluding ortho intramolecular Hbond substituents is 1. The third-order valence-electron chi connectivity index (χ3n) is 1.89. The van der Waals surface area contributed by atoms with Gasteiger partial charge in [-0.3, -0.25) is 0 Å². The van der Waals surface area contributed by atoms with Gasteiger partial charge in [-0.15, -0.1) is 0 Å². The number of rotatable bonds is 1. The molecule has 14 heavy (non-hydrogen) atoms. The number of aromatic nitrogens is 2. The summed E-state index contributed by atoms with van der Waals surface area (Å²) in [4.78, 5) is 17.1. The van der Waals surface area contributed by atoms with Crippen LogP contribution in [0.4, 0.5) is 0 Å². The number of benzene rings is 1. The molecule has 0 aliphatic rings. The number of ether oxygens (including phenoxy) is 1. The molecule has 2 rings (SSSR count). The van der Waals surface area contributed by atoms with E-state index in [1.165, 1.54) is 13.2 Å². The third kappa shape index (κ3) is 1.19. The molecule has 0 radical (unpaired) electrons. The molecule has 0 amide bonds. The van der Waals surface area contributed by atoms with Crippen LogP contribution in [0.15, 0.2) is 23.0 Å². The lowest BCUT2D eigenvalue weighted by molar-refractivity contribution is 0.398. The van der Waals surface area contributed by atoms with Gasteiger partial charge in [-0.2, -0.15) is 4.98 Å². The van der Waals surface area contributed by atoms with Crippen molar-refractivity contribution in [3.8, 4) is 11.6 Å². The topological polar surface area (TPSA) is 75.2 Å². The predicted octanol–water partition coefficient (Wildman–Crippen LogP) is 0.637. The maximum atomic E-state index is 11.0. The van der Waals surface area contributed by atoms with Crippen molar-refractivity contribution in [2.24, 2.45) is 0 Å². The molecule has 0 bridgehead atoms. The number of hydrogen-bond donors (Lipinski definition) is 2. The summed E-state index contributed by atoms with van der Waals surface area (Å²) >= 11 is 0. The van der Waals surface area contributed by atoms with Crippen molar-refractivity contribution in [3.05, 3.63) is 28.7 Å². The molecule has 5 heteroatoms. The Labute approximate surface area is 79.0 Å². The Morgan fingerprint density at radius 3 is 3.00 bits per heavy atom. The normalized spacial score (nSPS) is 10.4. The van der Waals surface area contributed by atoms with Crippen LogP contribution in [0.25, 0.3) is 10.9 Å². The molecule has 72 valence electrons. The zero-order valence-electron chi connectivity index (χ0n) is 7.44. The van der Waals surface area contributed by atoms with Gasteiger partial charge in [0.15, 0.2) is 0 Å². The first-order valence-corrected chi connectivity index (χ1v) is 3.98. The molecule has 0 saturated carbocycles. The Bertz CT molecular complexity index is 533. The van der Waals surface area contributed by atoms with Crippen molar-refractivity contribution >= 4 is 10.9 Å². The van der Waals surface area contributed by atoms with Gasteiger partial charge >= 0.3 is 5.69 Å². The van der Waals surface area contributed by atoms with Gasteiger partial charge in [-0.25, -0.2) is 4.79 Å². The monoisotopic (exact) mass is 192 g/mol. The Balaban J connectivity index is 2.96. The van der Waals surface area contributed by atoms with E-state index >= 15 is 0 Å². The quantitative estimate of drug-likeness (QED) is 0.695. The fraction of sp³-hybridized carbons (Fsp3) is 0.111. The van der Waals surface area contributed by atoms with Crippen molar-refractivity contribution in [2.45, 2.75) is 0 Å². The number of fused-ring (bicyclic) bond motifs is 1. The highest BCUT2D eigenvalue weighted by molar-refractivity contribution is 5.88. The number of aromatic hydroxyl groups is 1. The van der Waals surface area contributed by atoms with Gasteiger partial charge in [-0.05, 0) is 12.1 Å². The van der Waals surface area contributed by atoms with Crippen LogP contribution in [-0.4, -0.2) is 22.2 Å². The van der Waals surface area contributed by atoms with Crippen molar-refractivity contribution in [2.75, 3.05) is 7.11 Å². The van der Waals surface area contributed by atoms with E-state index in [0.717, 1.165) is 0 Å². The summed E-state index contributed by atoms with van der Waals surface area (Å²) in [6.07, 6.45) is 0. The lowest BCUT2D eigenvalue weighted by Gasteiger charge is -2.04. The minimum Gasteiger partial charge on any atom is -0.507 e. The van der Waals surface area contributed by atoms with E-state index in [1.54, 1.807) is 12.1 Å². The van der Waals surface area contributed by atoms with Crippen LogP contribution in [0.3, 0.4) is 0 Å². The van der Waals surface area contributed by atoms with Crippen LogP contribution in [-0.2, 0) is 0 Å². The number of aromatic amines is 1. The highest BCUT2D eigenvalue weighted by Gasteiger charge is 2.08. The van der Waals surface area contributed by atoms with E-state index in [1.807, 2.05) is 0 Å². The van der Waals surface area contributed by atoms with Crippen molar-refractivity contribution in [1.29, 1.82) is 0 Å². The fourth-order valence-corrected chi connectivity index (χ4v) is 1.31. The summed E-state index contributed by atoms with van der Waals surface area (Å²) in [5.41, 5.74) is 0.00167. The molecule has 0 unspecified atom stereocenters. The second kappa shape index (κ2) is 3.02. The van der Waals surface area contributed by atoms with Crippen LogP contribution >= 0.6 is 0 Å². The molecule has 0 aliphatic carbocycles. The van der Waals surface area contributed by atoms with Gasteiger partial charge in [0.05, 0.1) is 12.6 Å². The van der Waals surface area contributed by atoms with Crippen molar-refractivity contribution < 1.29 is 9.84 Å². The van der Waals surface area contributed by atoms with Gasteiger partial charge < -0.3 is 14.8 Å². The molecule has 0 spiro atoms. The molecular weight excluding hydrogens is 184 g/mol. The number of nitrogens with zero attached hydrogens (tertiary/aromatic N) is 1. The van der Waals surface area contributed by atoms with Gasteiger partial charge in [0.1, 0.15) is 11.1 Å². The lowest BCUT2D eigenvalue weighted by atomic mass is 10.2. The van der Waals surface area contributed by atoms with Crippen LogP contribution in [0.5, 0.6) is 11.6 Å². The van der Waals surface area contributed by atoms with Gasteiger partial charge in [0, 0.05) is 0 Å². The Kier molecular flexibility index (Phi) is 1.85. The molecule has 2 N–H and O–H groups in total. The highest BCUT2D eigenvalue weighted by Crippen LogP contribution is 2.28. The standard InChI is InChI=1S/C9H8N2O3/c1-14-8-7-5(10-9(13)11-8)3-2-4-6(7)12/h2-4,12H,1H3,(H,10,11,13). The molecule has 1 aromatic carbocycles. The van der Waals surface area contributed by atoms with E-state index in [2.05, 4.69) is 9.97 Å². The highest BCUT2D eigenvalue weighted by atomic mass is 16.5. The Morgan fingerprint density at radius 1 is 1.50 bits per heavy atom. The van der Waals surface area contributed by atoms with E-state index in [0.29, 0.717) is 10.9 Å². The summed E-state index contributed by atoms with van der Waals surface area (Å²) in [7, 11) is 1.40. The minimum absolute atomic E-state index is 0.0306. The number of methoxy groups -OCH3 is 1. The van der Waals surface area contributed by atoms with Gasteiger partial charge in [0.25, 0.3) is 0 Å². The number of nitrogens with one attached hydrogen (secondary N) is 1. The van der Waals surface area contributed by atoms with Crippen molar-refractivity contribution in [3.63, 3.8) is 0 Å². The first-order valence-electron chi connectivity index (χ1n) is 3.98. The third-order valence-corrected chi connectivity index (χ3v) is 1.89. The molecule has 1 aromatic heterocycles. The summed E-state index contributed by atoms with van der Waals surface area (Å²) in [6, 6.07) is 4.80. The number of phenols is 1. The van der Waals surface area contributed by atoms with Crippen LogP contribution in [0, 0.1) is 0 Å². The summed E-state index contributed by atoms with van der Waals surface area (Å²) in [5.74, 6) is 0.157. The molecule has 2 aromatic rings. The van der Waals surface area contributed by atoms with E-state index in [-0.39, 0.29) is 11.6 Å². The molecular formula is C9H8N2O3. The maximum absolute atomic E-state index is 11.0. The second-order valence-electron chi connectivity index (χ2n) is 2.75. The summed E-state index contributed by atoms with van der Waals surface area (Å²) in [5, 5.41) is 9.94. The van der Waals surface area contributed by atoms with Crippen LogP contribution in [0.1, 0.15) is 0 Å². The molecule has 0 saturated heterocycles. The van der Waals surface area contributed by atoms with E-state index < -0.39 is 5.69 Å². The van der Waals surface area contributed by atoms with Gasteiger partial charge in [0.2, 0.25) is 5.88 Å². The summed E-state index contributed by atoms with van der Waals surface area (Å²) < 4.78 is 4.90. The van der Waals surface area contributed by atoms with Gasteiger partial charge in [-0.1, -0.05) is 6.07 Å². The largest absolute Gasteiger partial charge is 0.507 e. The minimum atomic E-state index is -0.500.